The molecule has 5 rings (SSSR count). The third-order valence-corrected chi connectivity index (χ3v) is 8.42. The van der Waals surface area contributed by atoms with Crippen LogP contribution in [0.3, 0.4) is 0 Å². The lowest BCUT2D eigenvalue weighted by Crippen LogP contribution is -2.42. The molecule has 35 heavy (non-hydrogen) atoms. The molecule has 2 aromatic heterocycles. The van der Waals surface area contributed by atoms with Crippen LogP contribution in [0.1, 0.15) is 18.4 Å². The molecule has 0 radical (unpaired) electrons. The lowest BCUT2D eigenvalue weighted by atomic mass is 10.0. The summed E-state index contributed by atoms with van der Waals surface area (Å²) < 4.78 is 28.1. The summed E-state index contributed by atoms with van der Waals surface area (Å²) in [5.74, 6) is 1.70. The summed E-state index contributed by atoms with van der Waals surface area (Å²) in [4.78, 5) is 6.69. The quantitative estimate of drug-likeness (QED) is 0.419. The van der Waals surface area contributed by atoms with Crippen LogP contribution in [-0.4, -0.2) is 61.1 Å². The minimum absolute atomic E-state index is 0.212. The van der Waals surface area contributed by atoms with Gasteiger partial charge >= 0.3 is 0 Å². The van der Waals surface area contributed by atoms with E-state index < -0.39 is 10.0 Å². The number of anilines is 2. The van der Waals surface area contributed by atoms with Gasteiger partial charge in [-0.1, -0.05) is 24.3 Å². The molecule has 1 aliphatic rings. The van der Waals surface area contributed by atoms with Crippen LogP contribution < -0.4 is 10.2 Å². The van der Waals surface area contributed by atoms with Crippen LogP contribution in [0.25, 0.3) is 22.0 Å². The van der Waals surface area contributed by atoms with E-state index >= 15 is 0 Å². The third kappa shape index (κ3) is 4.74. The third-order valence-electron chi connectivity index (χ3n) is 6.51. The van der Waals surface area contributed by atoms with Crippen LogP contribution in [0.4, 0.5) is 11.6 Å². The minimum Gasteiger partial charge on any atom is -0.367 e. The molecule has 1 saturated heterocycles. The molecule has 0 spiro atoms. The number of hydrogen-bond acceptors (Lipinski definition) is 6. The Hall–Kier alpha value is -3.43. The number of H-pyrrole nitrogens is 1. The van der Waals surface area contributed by atoms with Crippen molar-refractivity contribution >= 4 is 32.6 Å². The van der Waals surface area contributed by atoms with Gasteiger partial charge in [-0.15, -0.1) is 0 Å². The van der Waals surface area contributed by atoms with Gasteiger partial charge < -0.3 is 10.2 Å². The molecule has 4 aromatic rings. The highest BCUT2D eigenvalue weighted by Crippen LogP contribution is 2.30. The minimum atomic E-state index is -3.54. The standard InChI is InChI=1S/C26H30N6O2S/c1-18-4-11-25(27-17-18)28-21-12-14-32(15-13-21)35(33,34)22-8-5-19(6-9-22)20-7-10-24-23(16-20)26(30-29-24)31(2)3/h4-11,16-17,21H,12-15H2,1-3H3,(H,27,28)(H,29,30). The molecule has 9 heteroatoms. The van der Waals surface area contributed by atoms with Crippen LogP contribution >= 0.6 is 0 Å². The van der Waals surface area contributed by atoms with E-state index in [2.05, 4.69) is 26.6 Å². The van der Waals surface area contributed by atoms with E-state index in [1.165, 1.54) is 0 Å². The number of aryl methyl sites for hydroxylation is 1. The smallest absolute Gasteiger partial charge is 0.243 e. The molecular weight excluding hydrogens is 460 g/mol. The monoisotopic (exact) mass is 490 g/mol. The Kier molecular flexibility index (Phi) is 6.21. The molecule has 0 saturated carbocycles. The van der Waals surface area contributed by atoms with Crippen molar-refractivity contribution in [3.63, 3.8) is 0 Å². The van der Waals surface area contributed by atoms with Crippen molar-refractivity contribution < 1.29 is 8.42 Å². The van der Waals surface area contributed by atoms with Gasteiger partial charge in [-0.05, 0) is 66.8 Å². The topological polar surface area (TPSA) is 94.2 Å². The normalized spacial score (nSPS) is 15.4. The highest BCUT2D eigenvalue weighted by molar-refractivity contribution is 7.89. The lowest BCUT2D eigenvalue weighted by Gasteiger charge is -2.32. The second-order valence-electron chi connectivity index (χ2n) is 9.27. The van der Waals surface area contributed by atoms with Gasteiger partial charge in [-0.2, -0.15) is 9.40 Å². The number of benzene rings is 2. The second kappa shape index (κ2) is 9.31. The first-order chi connectivity index (χ1) is 16.8. The number of rotatable bonds is 6. The number of aromatic nitrogens is 3. The number of nitrogens with zero attached hydrogens (tertiary/aromatic N) is 4. The average molecular weight is 491 g/mol. The van der Waals surface area contributed by atoms with Crippen LogP contribution in [0.2, 0.25) is 0 Å². The maximum absolute atomic E-state index is 13.3. The molecular formula is C26H30N6O2S. The Bertz CT molecular complexity index is 1420. The summed E-state index contributed by atoms with van der Waals surface area (Å²) >= 11 is 0. The molecule has 2 N–H and O–H groups in total. The molecule has 182 valence electrons. The summed E-state index contributed by atoms with van der Waals surface area (Å²) in [6.45, 7) is 2.97. The fraction of sp³-hybridized carbons (Fsp3) is 0.308. The van der Waals surface area contributed by atoms with Crippen LogP contribution in [0.5, 0.6) is 0 Å². The molecule has 0 atom stereocenters. The van der Waals surface area contributed by atoms with E-state index in [-0.39, 0.29) is 6.04 Å². The molecule has 8 nitrogen and oxygen atoms in total. The highest BCUT2D eigenvalue weighted by atomic mass is 32.2. The first kappa shape index (κ1) is 23.3. The zero-order valence-corrected chi connectivity index (χ0v) is 21.0. The van der Waals surface area contributed by atoms with E-state index in [1.54, 1.807) is 16.4 Å². The van der Waals surface area contributed by atoms with Crippen LogP contribution in [0, 0.1) is 6.92 Å². The van der Waals surface area contributed by atoms with Crippen molar-refractivity contribution in [3.8, 4) is 11.1 Å². The largest absolute Gasteiger partial charge is 0.367 e. The van der Waals surface area contributed by atoms with Crippen molar-refractivity contribution in [2.75, 3.05) is 37.4 Å². The predicted octanol–water partition coefficient (Wildman–Crippen LogP) is 4.26. The molecule has 0 amide bonds. The Morgan fingerprint density at radius 1 is 1.00 bits per heavy atom. The fourth-order valence-electron chi connectivity index (χ4n) is 4.49. The lowest BCUT2D eigenvalue weighted by molar-refractivity contribution is 0.329. The average Bonchev–Trinajstić information content (AvgIpc) is 3.30. The summed E-state index contributed by atoms with van der Waals surface area (Å²) in [5.41, 5.74) is 4.06. The van der Waals surface area contributed by atoms with E-state index in [4.69, 9.17) is 0 Å². The highest BCUT2D eigenvalue weighted by Gasteiger charge is 2.29. The maximum atomic E-state index is 13.3. The van der Waals surface area contributed by atoms with Crippen molar-refractivity contribution in [1.82, 2.24) is 19.5 Å². The number of hydrogen-bond donors (Lipinski definition) is 2. The summed E-state index contributed by atoms with van der Waals surface area (Å²) in [7, 11) is 0.379. The first-order valence-electron chi connectivity index (χ1n) is 11.8. The Balaban J connectivity index is 1.28. The van der Waals surface area contributed by atoms with Gasteiger partial charge in [-0.3, -0.25) is 5.10 Å². The van der Waals surface area contributed by atoms with Gasteiger partial charge in [0, 0.05) is 44.8 Å². The van der Waals surface area contributed by atoms with Gasteiger partial charge in [0.05, 0.1) is 10.4 Å². The van der Waals surface area contributed by atoms with E-state index in [0.717, 1.165) is 52.1 Å². The summed E-state index contributed by atoms with van der Waals surface area (Å²) in [6, 6.07) is 17.5. The zero-order valence-electron chi connectivity index (χ0n) is 20.2. The van der Waals surface area contributed by atoms with Gasteiger partial charge in [0.1, 0.15) is 5.82 Å². The van der Waals surface area contributed by atoms with Crippen molar-refractivity contribution in [3.05, 3.63) is 66.4 Å². The van der Waals surface area contributed by atoms with Crippen molar-refractivity contribution in [2.24, 2.45) is 0 Å². The number of sulfonamides is 1. The number of fused-ring (bicyclic) bond motifs is 1. The Morgan fingerprint density at radius 3 is 2.37 bits per heavy atom. The van der Waals surface area contributed by atoms with E-state index in [9.17, 15) is 8.42 Å². The van der Waals surface area contributed by atoms with Crippen molar-refractivity contribution in [2.45, 2.75) is 30.7 Å². The molecule has 1 aliphatic heterocycles. The molecule has 0 aliphatic carbocycles. The molecule has 0 bridgehead atoms. The van der Waals surface area contributed by atoms with Crippen LogP contribution in [-0.2, 0) is 10.0 Å². The Morgan fingerprint density at radius 2 is 1.71 bits per heavy atom. The molecule has 3 heterocycles. The molecule has 2 aromatic carbocycles. The second-order valence-corrected chi connectivity index (χ2v) is 11.2. The van der Waals surface area contributed by atoms with Gasteiger partial charge in [0.25, 0.3) is 0 Å². The number of pyridine rings is 1. The van der Waals surface area contributed by atoms with E-state index in [0.29, 0.717) is 18.0 Å². The van der Waals surface area contributed by atoms with E-state index in [1.807, 2.05) is 68.5 Å². The number of aromatic amines is 1. The van der Waals surface area contributed by atoms with Crippen molar-refractivity contribution in [1.29, 1.82) is 0 Å². The maximum Gasteiger partial charge on any atom is 0.243 e. The van der Waals surface area contributed by atoms with Crippen LogP contribution in [0.15, 0.2) is 65.7 Å². The zero-order chi connectivity index (χ0) is 24.6. The molecule has 1 fully saturated rings. The Labute approximate surface area is 206 Å². The fourth-order valence-corrected chi connectivity index (χ4v) is 5.96. The summed E-state index contributed by atoms with van der Waals surface area (Å²) in [6.07, 6.45) is 3.32. The van der Waals surface area contributed by atoms with Gasteiger partial charge in [0.15, 0.2) is 5.82 Å². The molecule has 0 unspecified atom stereocenters. The van der Waals surface area contributed by atoms with Gasteiger partial charge in [0.2, 0.25) is 10.0 Å². The SMILES string of the molecule is Cc1ccc(NC2CCN(S(=O)(=O)c3ccc(-c4ccc5[nH]nc(N(C)C)c5c4)cc3)CC2)nc1. The number of piperidine rings is 1. The van der Waals surface area contributed by atoms with Gasteiger partial charge in [-0.25, -0.2) is 13.4 Å². The predicted molar refractivity (Wildman–Crippen MR) is 140 cm³/mol. The number of nitrogens with one attached hydrogen (secondary N) is 2. The first-order valence-corrected chi connectivity index (χ1v) is 13.2. The summed E-state index contributed by atoms with van der Waals surface area (Å²) in [5, 5.41) is 11.9.